The fourth-order valence-electron chi connectivity index (χ4n) is 2.41. The van der Waals surface area contributed by atoms with Crippen molar-refractivity contribution in [3.8, 4) is 0 Å². The second kappa shape index (κ2) is 7.34. The quantitative estimate of drug-likeness (QED) is 0.471. The van der Waals surface area contributed by atoms with Crippen LogP contribution in [-0.2, 0) is 11.2 Å². The predicted molar refractivity (Wildman–Crippen MR) is 85.5 cm³/mol. The molecule has 0 atom stereocenters. The molecular formula is C18H13F5N2O2. The average Bonchev–Trinajstić information content (AvgIpc) is 3.46. The first kappa shape index (κ1) is 18.8. The van der Waals surface area contributed by atoms with Gasteiger partial charge in [0.05, 0.1) is 6.42 Å². The number of anilines is 1. The Kier molecular flexibility index (Phi) is 5.11. The van der Waals surface area contributed by atoms with Crippen LogP contribution >= 0.6 is 0 Å². The SMILES string of the molecule is O=C(Cc1c(F)c(F)c(F)c(F)c1F)Nc1cccc(C(=O)NC2CC2)c1. The molecular weight excluding hydrogens is 371 g/mol. The molecule has 4 nitrogen and oxygen atoms in total. The fraction of sp³-hybridized carbons (Fsp3) is 0.222. The van der Waals surface area contributed by atoms with Crippen molar-refractivity contribution >= 4 is 17.5 Å². The van der Waals surface area contributed by atoms with Gasteiger partial charge in [0.15, 0.2) is 23.3 Å². The van der Waals surface area contributed by atoms with Crippen molar-refractivity contribution in [2.24, 2.45) is 0 Å². The topological polar surface area (TPSA) is 58.2 Å². The van der Waals surface area contributed by atoms with Crippen LogP contribution in [0.25, 0.3) is 0 Å². The molecule has 0 spiro atoms. The van der Waals surface area contributed by atoms with E-state index in [4.69, 9.17) is 0 Å². The molecule has 9 heteroatoms. The molecule has 0 bridgehead atoms. The lowest BCUT2D eigenvalue weighted by Crippen LogP contribution is -2.25. The Morgan fingerprint density at radius 3 is 2.11 bits per heavy atom. The van der Waals surface area contributed by atoms with E-state index < -0.39 is 47.0 Å². The molecule has 3 rings (SSSR count). The molecule has 1 aliphatic carbocycles. The summed E-state index contributed by atoms with van der Waals surface area (Å²) in [4.78, 5) is 24.0. The van der Waals surface area contributed by atoms with Crippen LogP contribution in [0.4, 0.5) is 27.6 Å². The number of carbonyl (C=O) groups excluding carboxylic acids is 2. The van der Waals surface area contributed by atoms with Crippen LogP contribution in [0.1, 0.15) is 28.8 Å². The number of carbonyl (C=O) groups is 2. The number of rotatable bonds is 5. The van der Waals surface area contributed by atoms with Crippen LogP contribution in [0.15, 0.2) is 24.3 Å². The molecule has 2 aromatic rings. The minimum Gasteiger partial charge on any atom is -0.349 e. The van der Waals surface area contributed by atoms with Gasteiger partial charge in [-0.05, 0) is 31.0 Å². The zero-order valence-electron chi connectivity index (χ0n) is 13.7. The summed E-state index contributed by atoms with van der Waals surface area (Å²) in [5.41, 5.74) is -0.824. The first-order chi connectivity index (χ1) is 12.8. The molecule has 1 aliphatic rings. The van der Waals surface area contributed by atoms with Gasteiger partial charge in [0.1, 0.15) is 0 Å². The highest BCUT2D eigenvalue weighted by Crippen LogP contribution is 2.24. The molecule has 2 N–H and O–H groups in total. The molecule has 0 unspecified atom stereocenters. The van der Waals surface area contributed by atoms with Gasteiger partial charge in [0.25, 0.3) is 5.91 Å². The van der Waals surface area contributed by atoms with Crippen molar-refractivity contribution < 1.29 is 31.5 Å². The van der Waals surface area contributed by atoms with Crippen LogP contribution in [0, 0.1) is 29.1 Å². The molecule has 0 aliphatic heterocycles. The van der Waals surface area contributed by atoms with Crippen molar-refractivity contribution in [2.75, 3.05) is 5.32 Å². The Hall–Kier alpha value is -2.97. The lowest BCUT2D eigenvalue weighted by atomic mass is 10.1. The average molecular weight is 384 g/mol. The van der Waals surface area contributed by atoms with E-state index in [2.05, 4.69) is 10.6 Å². The van der Waals surface area contributed by atoms with E-state index in [1.807, 2.05) is 0 Å². The summed E-state index contributed by atoms with van der Waals surface area (Å²) >= 11 is 0. The Morgan fingerprint density at radius 1 is 0.926 bits per heavy atom. The van der Waals surface area contributed by atoms with Crippen molar-refractivity contribution in [3.63, 3.8) is 0 Å². The summed E-state index contributed by atoms with van der Waals surface area (Å²) in [6.07, 6.45) is 0.721. The number of hydrogen-bond donors (Lipinski definition) is 2. The minimum atomic E-state index is -2.29. The van der Waals surface area contributed by atoms with E-state index in [0.29, 0.717) is 0 Å². The van der Waals surface area contributed by atoms with Crippen LogP contribution in [0.3, 0.4) is 0 Å². The van der Waals surface area contributed by atoms with Gasteiger partial charge in [-0.2, -0.15) is 0 Å². The van der Waals surface area contributed by atoms with Gasteiger partial charge in [0.2, 0.25) is 11.7 Å². The van der Waals surface area contributed by atoms with Crippen LogP contribution < -0.4 is 10.6 Å². The van der Waals surface area contributed by atoms with Crippen molar-refractivity contribution in [1.82, 2.24) is 5.32 Å². The van der Waals surface area contributed by atoms with Gasteiger partial charge in [-0.1, -0.05) is 6.07 Å². The number of hydrogen-bond acceptors (Lipinski definition) is 2. The first-order valence-corrected chi connectivity index (χ1v) is 7.99. The Balaban J connectivity index is 1.74. The second-order valence-corrected chi connectivity index (χ2v) is 6.10. The number of halogens is 5. The van der Waals surface area contributed by atoms with Gasteiger partial charge < -0.3 is 10.6 Å². The molecule has 2 amide bonds. The van der Waals surface area contributed by atoms with E-state index >= 15 is 0 Å². The molecule has 27 heavy (non-hydrogen) atoms. The van der Waals surface area contributed by atoms with Crippen molar-refractivity contribution in [3.05, 3.63) is 64.5 Å². The number of amides is 2. The van der Waals surface area contributed by atoms with E-state index in [1.165, 1.54) is 24.3 Å². The van der Waals surface area contributed by atoms with E-state index in [9.17, 15) is 31.5 Å². The van der Waals surface area contributed by atoms with Gasteiger partial charge in [-0.3, -0.25) is 9.59 Å². The molecule has 0 heterocycles. The zero-order chi connectivity index (χ0) is 19.7. The fourth-order valence-corrected chi connectivity index (χ4v) is 2.41. The monoisotopic (exact) mass is 384 g/mol. The van der Waals surface area contributed by atoms with Crippen LogP contribution in [-0.4, -0.2) is 17.9 Å². The highest BCUT2D eigenvalue weighted by Gasteiger charge is 2.27. The summed E-state index contributed by atoms with van der Waals surface area (Å²) < 4.78 is 66.7. The normalized spacial score (nSPS) is 13.4. The Morgan fingerprint density at radius 2 is 1.52 bits per heavy atom. The standard InChI is InChI=1S/C18H13F5N2O2/c19-13-11(14(20)16(22)17(23)15(13)21)7-12(26)24-10-3-1-2-8(6-10)18(27)25-9-4-5-9/h1-3,6,9H,4-5,7H2,(H,24,26)(H,25,27). The van der Waals surface area contributed by atoms with Crippen molar-refractivity contribution in [2.45, 2.75) is 25.3 Å². The molecule has 2 aromatic carbocycles. The molecule has 0 saturated heterocycles. The third-order valence-electron chi connectivity index (χ3n) is 3.96. The molecule has 1 fully saturated rings. The third kappa shape index (κ3) is 4.07. The lowest BCUT2D eigenvalue weighted by Gasteiger charge is -2.10. The predicted octanol–water partition coefficient (Wildman–Crippen LogP) is 3.46. The second-order valence-electron chi connectivity index (χ2n) is 6.10. The Labute approximate surface area is 150 Å². The highest BCUT2D eigenvalue weighted by molar-refractivity contribution is 5.97. The first-order valence-electron chi connectivity index (χ1n) is 7.99. The summed E-state index contributed by atoms with van der Waals surface area (Å²) in [5.74, 6) is -12.0. The molecule has 0 radical (unpaired) electrons. The largest absolute Gasteiger partial charge is 0.349 e. The van der Waals surface area contributed by atoms with Gasteiger partial charge in [0, 0.05) is 22.9 Å². The van der Waals surface area contributed by atoms with E-state index in [-0.39, 0.29) is 23.2 Å². The summed E-state index contributed by atoms with van der Waals surface area (Å²) in [7, 11) is 0. The zero-order valence-corrected chi connectivity index (χ0v) is 13.7. The molecule has 0 aromatic heterocycles. The molecule has 1 saturated carbocycles. The Bertz CT molecular complexity index is 899. The number of nitrogens with one attached hydrogen (secondary N) is 2. The lowest BCUT2D eigenvalue weighted by molar-refractivity contribution is -0.115. The molecule has 142 valence electrons. The van der Waals surface area contributed by atoms with E-state index in [0.717, 1.165) is 12.8 Å². The summed E-state index contributed by atoms with van der Waals surface area (Å²) in [6.45, 7) is 0. The van der Waals surface area contributed by atoms with Crippen LogP contribution in [0.2, 0.25) is 0 Å². The van der Waals surface area contributed by atoms with E-state index in [1.54, 1.807) is 0 Å². The van der Waals surface area contributed by atoms with Crippen LogP contribution in [0.5, 0.6) is 0 Å². The van der Waals surface area contributed by atoms with Crippen molar-refractivity contribution in [1.29, 1.82) is 0 Å². The van der Waals surface area contributed by atoms with Gasteiger partial charge in [-0.25, -0.2) is 22.0 Å². The minimum absolute atomic E-state index is 0.130. The van der Waals surface area contributed by atoms with Gasteiger partial charge in [-0.15, -0.1) is 0 Å². The maximum absolute atomic E-state index is 13.6. The summed E-state index contributed by atoms with van der Waals surface area (Å²) in [6, 6.07) is 5.89. The maximum Gasteiger partial charge on any atom is 0.251 e. The third-order valence-corrected chi connectivity index (χ3v) is 3.96. The highest BCUT2D eigenvalue weighted by atomic mass is 19.2. The smallest absolute Gasteiger partial charge is 0.251 e. The summed E-state index contributed by atoms with van der Waals surface area (Å²) in [5, 5.41) is 5.03. The maximum atomic E-state index is 13.6. The number of benzene rings is 2. The van der Waals surface area contributed by atoms with Gasteiger partial charge >= 0.3 is 0 Å².